The number of aryl methyl sites for hydroxylation is 1. The molecule has 0 fully saturated rings. The number of nitrogens with zero attached hydrogens (tertiary/aromatic N) is 1. The summed E-state index contributed by atoms with van der Waals surface area (Å²) in [7, 11) is 0. The molecule has 0 saturated carbocycles. The minimum atomic E-state index is -0.206. The van der Waals surface area contributed by atoms with Crippen LogP contribution in [0, 0.1) is 6.92 Å². The molecule has 0 spiro atoms. The third-order valence-corrected chi connectivity index (χ3v) is 3.42. The van der Waals surface area contributed by atoms with E-state index in [1.165, 1.54) is 5.56 Å². The van der Waals surface area contributed by atoms with Crippen LogP contribution in [0.15, 0.2) is 59.7 Å². The largest absolute Gasteiger partial charge is 0.404 e. The normalized spacial score (nSPS) is 13.2. The van der Waals surface area contributed by atoms with Gasteiger partial charge in [0, 0.05) is 23.0 Å². The van der Waals surface area contributed by atoms with Crippen molar-refractivity contribution in [1.82, 2.24) is 0 Å². The fraction of sp³-hybridized carbons (Fsp3) is 0.250. The van der Waals surface area contributed by atoms with Gasteiger partial charge in [0.25, 0.3) is 0 Å². The maximum Gasteiger partial charge on any atom is 0.0745 e. The van der Waals surface area contributed by atoms with E-state index < -0.39 is 0 Å². The van der Waals surface area contributed by atoms with Crippen LogP contribution in [0.1, 0.15) is 37.5 Å². The van der Waals surface area contributed by atoms with Crippen LogP contribution < -0.4 is 11.5 Å². The highest BCUT2D eigenvalue weighted by molar-refractivity contribution is 6.31. The highest BCUT2D eigenvalue weighted by Gasteiger charge is 2.16. The topological polar surface area (TPSA) is 64.4 Å². The fourth-order valence-electron chi connectivity index (χ4n) is 2.30. The van der Waals surface area contributed by atoms with Gasteiger partial charge in [-0.2, -0.15) is 0 Å². The molecule has 0 aliphatic heterocycles. The first-order valence-corrected chi connectivity index (χ1v) is 7.75. The van der Waals surface area contributed by atoms with Crippen LogP contribution in [-0.4, -0.2) is 11.3 Å². The lowest BCUT2D eigenvalue weighted by molar-refractivity contribution is 0.585. The summed E-state index contributed by atoms with van der Waals surface area (Å²) in [6.07, 6.45) is 1.62. The van der Waals surface area contributed by atoms with Crippen molar-refractivity contribution >= 4 is 17.0 Å². The van der Waals surface area contributed by atoms with E-state index in [0.29, 0.717) is 0 Å². The van der Waals surface area contributed by atoms with Gasteiger partial charge in [-0.1, -0.05) is 42.0 Å². The fourth-order valence-corrected chi connectivity index (χ4v) is 2.30. The molecule has 0 aliphatic rings. The zero-order valence-corrected chi connectivity index (χ0v) is 14.3. The summed E-state index contributed by atoms with van der Waals surface area (Å²) in [4.78, 5) is 4.92. The maximum atomic E-state index is 5.96. The van der Waals surface area contributed by atoms with Crippen molar-refractivity contribution in [2.45, 2.75) is 33.2 Å². The van der Waals surface area contributed by atoms with Crippen LogP contribution in [0.3, 0.4) is 0 Å². The molecule has 23 heavy (non-hydrogen) atoms. The summed E-state index contributed by atoms with van der Waals surface area (Å²) in [5.74, 6) is 0. The van der Waals surface area contributed by atoms with E-state index in [9.17, 15) is 0 Å². The van der Waals surface area contributed by atoms with Crippen molar-refractivity contribution in [2.24, 2.45) is 10.7 Å². The lowest BCUT2D eigenvalue weighted by Gasteiger charge is -2.19. The number of anilines is 1. The average Bonchev–Trinajstić information content (AvgIpc) is 2.48. The summed E-state index contributed by atoms with van der Waals surface area (Å²) in [5.41, 5.74) is 17.4. The first kappa shape index (κ1) is 16.8. The monoisotopic (exact) mass is 307 g/mol. The second kappa shape index (κ2) is 6.69. The second-order valence-electron chi connectivity index (χ2n) is 6.70. The molecule has 120 valence electrons. The van der Waals surface area contributed by atoms with Gasteiger partial charge in [0.2, 0.25) is 0 Å². The van der Waals surface area contributed by atoms with E-state index in [1.54, 1.807) is 6.20 Å². The van der Waals surface area contributed by atoms with Crippen molar-refractivity contribution in [2.75, 3.05) is 5.73 Å². The number of allylic oxidation sites excluding steroid dienone is 1. The van der Waals surface area contributed by atoms with Crippen LogP contribution in [0.4, 0.5) is 5.69 Å². The van der Waals surface area contributed by atoms with Gasteiger partial charge in [-0.05, 0) is 45.4 Å². The second-order valence-corrected chi connectivity index (χ2v) is 6.70. The number of rotatable bonds is 3. The lowest BCUT2D eigenvalue weighted by Crippen LogP contribution is -2.17. The molecule has 3 nitrogen and oxygen atoms in total. The van der Waals surface area contributed by atoms with Crippen molar-refractivity contribution in [3.63, 3.8) is 0 Å². The minimum Gasteiger partial charge on any atom is -0.404 e. The molecule has 0 heterocycles. The van der Waals surface area contributed by atoms with E-state index in [-0.39, 0.29) is 5.54 Å². The number of hydrogen-bond acceptors (Lipinski definition) is 3. The number of nitrogens with two attached hydrogens (primary N) is 2. The Kier molecular flexibility index (Phi) is 4.89. The summed E-state index contributed by atoms with van der Waals surface area (Å²) >= 11 is 0. The van der Waals surface area contributed by atoms with E-state index in [0.717, 1.165) is 28.1 Å². The van der Waals surface area contributed by atoms with Crippen LogP contribution in [0.25, 0.3) is 5.57 Å². The standard InChI is InChI=1S/C20H25N3/c1-14-5-7-16(8-6-14)19(23-20(2,3)4)18(13-21)15-9-11-17(22)12-10-15/h5-13H,21-22H2,1-4H3. The molecule has 3 heteroatoms. The Bertz CT molecular complexity index is 715. The maximum absolute atomic E-state index is 5.96. The van der Waals surface area contributed by atoms with Crippen LogP contribution in [-0.2, 0) is 0 Å². The van der Waals surface area contributed by atoms with E-state index in [2.05, 4.69) is 52.0 Å². The molecule has 0 aromatic heterocycles. The molecule has 4 N–H and O–H groups in total. The molecule has 2 rings (SSSR count). The molecule has 0 bridgehead atoms. The smallest absolute Gasteiger partial charge is 0.0745 e. The van der Waals surface area contributed by atoms with E-state index in [1.807, 2.05) is 24.3 Å². The quantitative estimate of drug-likeness (QED) is 0.660. The van der Waals surface area contributed by atoms with Gasteiger partial charge >= 0.3 is 0 Å². The minimum absolute atomic E-state index is 0.206. The van der Waals surface area contributed by atoms with Gasteiger partial charge in [-0.25, -0.2) is 0 Å². The van der Waals surface area contributed by atoms with Crippen LogP contribution in [0.5, 0.6) is 0 Å². The SMILES string of the molecule is Cc1ccc(C(=NC(C)(C)C)C(=CN)c2ccc(N)cc2)cc1. The summed E-state index contributed by atoms with van der Waals surface area (Å²) in [6, 6.07) is 16.0. The predicted molar refractivity (Wildman–Crippen MR) is 100 cm³/mol. The van der Waals surface area contributed by atoms with Crippen LogP contribution >= 0.6 is 0 Å². The van der Waals surface area contributed by atoms with Gasteiger partial charge in [0.1, 0.15) is 0 Å². The molecule has 0 atom stereocenters. The Morgan fingerprint density at radius 1 is 0.913 bits per heavy atom. The van der Waals surface area contributed by atoms with E-state index >= 15 is 0 Å². The average molecular weight is 307 g/mol. The number of hydrogen-bond donors (Lipinski definition) is 2. The molecule has 0 aliphatic carbocycles. The first-order valence-electron chi connectivity index (χ1n) is 7.75. The molecule has 0 unspecified atom stereocenters. The van der Waals surface area contributed by atoms with Gasteiger partial charge in [0.05, 0.1) is 11.3 Å². The van der Waals surface area contributed by atoms with Crippen molar-refractivity contribution in [3.05, 3.63) is 71.4 Å². The highest BCUT2D eigenvalue weighted by Crippen LogP contribution is 2.24. The van der Waals surface area contributed by atoms with Gasteiger partial charge in [0.15, 0.2) is 0 Å². The number of benzene rings is 2. The number of aliphatic imine (C=N–C) groups is 1. The van der Waals surface area contributed by atoms with Gasteiger partial charge < -0.3 is 11.5 Å². The Morgan fingerprint density at radius 2 is 1.43 bits per heavy atom. The molecule has 2 aromatic rings. The number of nitrogen functional groups attached to an aromatic ring is 1. The molecular formula is C20H25N3. The zero-order chi connectivity index (χ0) is 17.0. The third-order valence-electron chi connectivity index (χ3n) is 3.42. The first-order chi connectivity index (χ1) is 10.8. The van der Waals surface area contributed by atoms with Crippen molar-refractivity contribution in [3.8, 4) is 0 Å². The van der Waals surface area contributed by atoms with Crippen molar-refractivity contribution < 1.29 is 0 Å². The summed E-state index contributed by atoms with van der Waals surface area (Å²) < 4.78 is 0. The molecule has 0 saturated heterocycles. The summed E-state index contributed by atoms with van der Waals surface area (Å²) in [5, 5.41) is 0. The molecule has 0 amide bonds. The third kappa shape index (κ3) is 4.46. The highest BCUT2D eigenvalue weighted by atomic mass is 14.8. The Morgan fingerprint density at radius 3 is 1.91 bits per heavy atom. The van der Waals surface area contributed by atoms with Gasteiger partial charge in [-0.3, -0.25) is 4.99 Å². The molecular weight excluding hydrogens is 282 g/mol. The van der Waals surface area contributed by atoms with Crippen molar-refractivity contribution in [1.29, 1.82) is 0 Å². The van der Waals surface area contributed by atoms with E-state index in [4.69, 9.17) is 16.5 Å². The molecule has 0 radical (unpaired) electrons. The summed E-state index contributed by atoms with van der Waals surface area (Å²) in [6.45, 7) is 8.32. The van der Waals surface area contributed by atoms with Crippen LogP contribution in [0.2, 0.25) is 0 Å². The predicted octanol–water partition coefficient (Wildman–Crippen LogP) is 4.16. The Labute approximate surface area is 138 Å². The zero-order valence-electron chi connectivity index (χ0n) is 14.3. The van der Waals surface area contributed by atoms with Gasteiger partial charge in [-0.15, -0.1) is 0 Å². The molecule has 2 aromatic carbocycles. The Balaban J connectivity index is 2.58. The Hall–Kier alpha value is -2.55. The lowest BCUT2D eigenvalue weighted by atomic mass is 9.94.